The molecule has 0 aliphatic heterocycles. The quantitative estimate of drug-likeness (QED) is 0.842. The molecule has 1 fully saturated rings. The summed E-state index contributed by atoms with van der Waals surface area (Å²) in [6.07, 6.45) is 7.89. The van der Waals surface area contributed by atoms with Crippen LogP contribution in [0.2, 0.25) is 0 Å². The van der Waals surface area contributed by atoms with E-state index in [4.69, 9.17) is 0 Å². The summed E-state index contributed by atoms with van der Waals surface area (Å²) in [6, 6.07) is 11.1. The Bertz CT molecular complexity index is 533. The van der Waals surface area contributed by atoms with Gasteiger partial charge in [-0.2, -0.15) is 0 Å². The third-order valence-electron chi connectivity index (χ3n) is 4.87. The van der Waals surface area contributed by atoms with Crippen molar-refractivity contribution in [2.75, 3.05) is 19.1 Å². The molecule has 1 aliphatic carbocycles. The monoisotopic (exact) mass is 309 g/mol. The van der Waals surface area contributed by atoms with Crippen molar-refractivity contribution in [1.82, 2.24) is 5.32 Å². The molecule has 3 nitrogen and oxygen atoms in total. The zero-order valence-corrected chi connectivity index (χ0v) is 14.0. The Morgan fingerprint density at radius 3 is 2.33 bits per heavy atom. The largest absolute Gasteiger partial charge is 0.316 e. The first kappa shape index (κ1) is 16.5. The molecule has 0 heterocycles. The highest BCUT2D eigenvalue weighted by Crippen LogP contribution is 2.44. The van der Waals surface area contributed by atoms with Crippen molar-refractivity contribution in [3.8, 4) is 0 Å². The van der Waals surface area contributed by atoms with Gasteiger partial charge in [-0.15, -0.1) is 0 Å². The highest BCUT2D eigenvalue weighted by Gasteiger charge is 2.41. The highest BCUT2D eigenvalue weighted by atomic mass is 32.2. The maximum absolute atomic E-state index is 11.4. The summed E-state index contributed by atoms with van der Waals surface area (Å²) < 4.78 is 22.7. The molecule has 0 radical (unpaired) electrons. The third kappa shape index (κ3) is 4.07. The molecule has 0 amide bonds. The van der Waals surface area contributed by atoms with E-state index in [1.807, 2.05) is 7.05 Å². The molecule has 1 unspecified atom stereocenters. The predicted octanol–water partition coefficient (Wildman–Crippen LogP) is 2.91. The number of benzene rings is 1. The molecule has 1 saturated carbocycles. The lowest BCUT2D eigenvalue weighted by atomic mass is 9.71. The molecular formula is C17H27NO2S. The lowest BCUT2D eigenvalue weighted by molar-refractivity contribution is 0.293. The SMILES string of the molecule is CNC(CCCS(C)(=O)=O)C1(c2ccccc2)CCCC1. The van der Waals surface area contributed by atoms with Crippen LogP contribution in [0.15, 0.2) is 30.3 Å². The Morgan fingerprint density at radius 1 is 1.19 bits per heavy atom. The van der Waals surface area contributed by atoms with Gasteiger partial charge in [0.25, 0.3) is 0 Å². The number of rotatable bonds is 7. The van der Waals surface area contributed by atoms with Crippen LogP contribution in [0.1, 0.15) is 44.1 Å². The van der Waals surface area contributed by atoms with Crippen LogP contribution >= 0.6 is 0 Å². The lowest BCUT2D eigenvalue weighted by Crippen LogP contribution is -2.45. The second kappa shape index (κ2) is 6.93. The van der Waals surface area contributed by atoms with Crippen LogP contribution in [0.3, 0.4) is 0 Å². The van der Waals surface area contributed by atoms with Crippen molar-refractivity contribution in [2.45, 2.75) is 50.0 Å². The summed E-state index contributed by atoms with van der Waals surface area (Å²) in [5, 5.41) is 3.47. The molecule has 1 N–H and O–H groups in total. The fourth-order valence-corrected chi connectivity index (χ4v) is 4.55. The second-order valence-corrected chi connectivity index (χ2v) is 8.60. The van der Waals surface area contributed by atoms with E-state index >= 15 is 0 Å². The molecule has 2 rings (SSSR count). The number of sulfone groups is 1. The van der Waals surface area contributed by atoms with Crippen LogP contribution in [0.5, 0.6) is 0 Å². The van der Waals surface area contributed by atoms with Crippen LogP contribution in [-0.2, 0) is 15.3 Å². The van der Waals surface area contributed by atoms with E-state index in [0.29, 0.717) is 6.04 Å². The minimum Gasteiger partial charge on any atom is -0.316 e. The van der Waals surface area contributed by atoms with Gasteiger partial charge in [0, 0.05) is 23.5 Å². The van der Waals surface area contributed by atoms with Gasteiger partial charge in [-0.3, -0.25) is 0 Å². The molecule has 1 atom stereocenters. The zero-order chi connectivity index (χ0) is 15.3. The first-order chi connectivity index (χ1) is 9.98. The highest BCUT2D eigenvalue weighted by molar-refractivity contribution is 7.90. The summed E-state index contributed by atoms with van der Waals surface area (Å²) in [4.78, 5) is 0. The molecule has 4 heteroatoms. The summed E-state index contributed by atoms with van der Waals surface area (Å²) in [5.74, 6) is 0.288. The van der Waals surface area contributed by atoms with Gasteiger partial charge in [0.1, 0.15) is 9.84 Å². The molecule has 1 aliphatic rings. The molecule has 21 heavy (non-hydrogen) atoms. The first-order valence-electron chi connectivity index (χ1n) is 7.88. The van der Waals surface area contributed by atoms with Crippen LogP contribution in [0.25, 0.3) is 0 Å². The van der Waals surface area contributed by atoms with E-state index in [2.05, 4.69) is 35.6 Å². The summed E-state index contributed by atoms with van der Waals surface area (Å²) in [5.41, 5.74) is 1.58. The van der Waals surface area contributed by atoms with E-state index in [1.54, 1.807) is 0 Å². The molecule has 0 aromatic heterocycles. The molecule has 118 valence electrons. The Labute approximate surface area is 129 Å². The Hall–Kier alpha value is -0.870. The summed E-state index contributed by atoms with van der Waals surface area (Å²) >= 11 is 0. The van der Waals surface area contributed by atoms with Crippen LogP contribution in [0, 0.1) is 0 Å². The van der Waals surface area contributed by atoms with Crippen molar-refractivity contribution in [2.24, 2.45) is 0 Å². The molecular weight excluding hydrogens is 282 g/mol. The molecule has 0 saturated heterocycles. The number of likely N-dealkylation sites (N-methyl/N-ethyl adjacent to an activating group) is 1. The van der Waals surface area contributed by atoms with Gasteiger partial charge in [0.2, 0.25) is 0 Å². The number of hydrogen-bond donors (Lipinski definition) is 1. The van der Waals surface area contributed by atoms with Crippen molar-refractivity contribution in [1.29, 1.82) is 0 Å². The van der Waals surface area contributed by atoms with E-state index < -0.39 is 9.84 Å². The zero-order valence-electron chi connectivity index (χ0n) is 13.1. The minimum atomic E-state index is -2.86. The second-order valence-electron chi connectivity index (χ2n) is 6.34. The number of nitrogens with one attached hydrogen (secondary N) is 1. The fraction of sp³-hybridized carbons (Fsp3) is 0.647. The fourth-order valence-electron chi connectivity index (χ4n) is 3.86. The maximum Gasteiger partial charge on any atom is 0.147 e. The standard InChI is InChI=1S/C17H27NO2S/c1-18-16(11-8-14-21(2,19)20)17(12-6-7-13-17)15-9-4-3-5-10-15/h3-5,9-10,16,18H,6-8,11-14H2,1-2H3. The van der Waals surface area contributed by atoms with Crippen molar-refractivity contribution in [3.05, 3.63) is 35.9 Å². The van der Waals surface area contributed by atoms with Gasteiger partial charge in [-0.1, -0.05) is 43.2 Å². The van der Waals surface area contributed by atoms with E-state index in [-0.39, 0.29) is 11.2 Å². The van der Waals surface area contributed by atoms with E-state index in [0.717, 1.165) is 12.8 Å². The van der Waals surface area contributed by atoms with Gasteiger partial charge < -0.3 is 5.32 Å². The van der Waals surface area contributed by atoms with Crippen LogP contribution in [0.4, 0.5) is 0 Å². The van der Waals surface area contributed by atoms with Gasteiger partial charge in [-0.25, -0.2) is 8.42 Å². The Kier molecular flexibility index (Phi) is 5.44. The molecule has 1 aromatic rings. The van der Waals surface area contributed by atoms with E-state index in [9.17, 15) is 8.42 Å². The van der Waals surface area contributed by atoms with E-state index in [1.165, 1.54) is 37.5 Å². The third-order valence-corrected chi connectivity index (χ3v) is 5.90. The van der Waals surface area contributed by atoms with Crippen molar-refractivity contribution >= 4 is 9.84 Å². The van der Waals surface area contributed by atoms with Crippen molar-refractivity contribution < 1.29 is 8.42 Å². The van der Waals surface area contributed by atoms with Gasteiger partial charge in [0.15, 0.2) is 0 Å². The maximum atomic E-state index is 11.4. The lowest BCUT2D eigenvalue weighted by Gasteiger charge is -2.38. The smallest absolute Gasteiger partial charge is 0.147 e. The first-order valence-corrected chi connectivity index (χ1v) is 9.94. The Morgan fingerprint density at radius 2 is 1.81 bits per heavy atom. The Balaban J connectivity index is 2.15. The molecule has 0 spiro atoms. The van der Waals surface area contributed by atoms with Crippen LogP contribution in [-0.4, -0.2) is 33.5 Å². The van der Waals surface area contributed by atoms with Gasteiger partial charge in [0.05, 0.1) is 0 Å². The van der Waals surface area contributed by atoms with Crippen molar-refractivity contribution in [3.63, 3.8) is 0 Å². The van der Waals surface area contributed by atoms with Crippen LogP contribution < -0.4 is 5.32 Å². The van der Waals surface area contributed by atoms with Gasteiger partial charge in [-0.05, 0) is 38.3 Å². The summed E-state index contributed by atoms with van der Waals surface area (Å²) in [7, 11) is -0.856. The molecule has 0 bridgehead atoms. The summed E-state index contributed by atoms with van der Waals surface area (Å²) in [6.45, 7) is 0. The number of hydrogen-bond acceptors (Lipinski definition) is 3. The average Bonchev–Trinajstić information content (AvgIpc) is 2.94. The average molecular weight is 309 g/mol. The normalized spacial score (nSPS) is 19.5. The topological polar surface area (TPSA) is 46.2 Å². The minimum absolute atomic E-state index is 0.174. The predicted molar refractivity (Wildman–Crippen MR) is 88.4 cm³/mol. The molecule has 1 aromatic carbocycles. The van der Waals surface area contributed by atoms with Gasteiger partial charge >= 0.3 is 0 Å².